The number of piperazine rings is 1. The highest BCUT2D eigenvalue weighted by Crippen LogP contribution is 2.25. The molecule has 3 rings (SSSR count). The molecule has 0 unspecified atom stereocenters. The number of hydrogen-bond donors (Lipinski definition) is 0. The summed E-state index contributed by atoms with van der Waals surface area (Å²) in [7, 11) is 0. The van der Waals surface area contributed by atoms with Crippen LogP contribution in [0.1, 0.15) is 70.6 Å². The van der Waals surface area contributed by atoms with Crippen LogP contribution in [0.5, 0.6) is 0 Å². The molecule has 170 valence electrons. The summed E-state index contributed by atoms with van der Waals surface area (Å²) in [5.74, 6) is 2.38. The van der Waals surface area contributed by atoms with E-state index in [2.05, 4.69) is 55.5 Å². The lowest BCUT2D eigenvalue weighted by molar-refractivity contribution is 0.250. The molecule has 0 spiro atoms. The Kier molecular flexibility index (Phi) is 7.46. The van der Waals surface area contributed by atoms with Crippen LogP contribution in [0.15, 0.2) is 23.1 Å². The molecular weight excluding hydrogens is 388 g/mol. The molecule has 7 nitrogen and oxygen atoms in total. The molecule has 2 aromatic heterocycles. The molecule has 1 fully saturated rings. The third-order valence-corrected chi connectivity index (χ3v) is 5.83. The monoisotopic (exact) mass is 426 g/mol. The summed E-state index contributed by atoms with van der Waals surface area (Å²) >= 11 is 0. The largest absolute Gasteiger partial charge is 0.354 e. The summed E-state index contributed by atoms with van der Waals surface area (Å²) < 4.78 is 1.71. The molecule has 0 aliphatic carbocycles. The minimum Gasteiger partial charge on any atom is -0.354 e. The summed E-state index contributed by atoms with van der Waals surface area (Å²) in [6, 6.07) is 4.06. The first-order valence-corrected chi connectivity index (χ1v) is 11.5. The van der Waals surface area contributed by atoms with Crippen molar-refractivity contribution in [3.05, 3.63) is 46.0 Å². The Balaban J connectivity index is 1.51. The van der Waals surface area contributed by atoms with Gasteiger partial charge in [0, 0.05) is 61.8 Å². The van der Waals surface area contributed by atoms with Gasteiger partial charge in [-0.1, -0.05) is 34.6 Å². The molecule has 0 atom stereocenters. The van der Waals surface area contributed by atoms with Crippen LogP contribution in [0.3, 0.4) is 0 Å². The second-order valence-corrected chi connectivity index (χ2v) is 9.96. The maximum Gasteiger partial charge on any atom is 0.347 e. The summed E-state index contributed by atoms with van der Waals surface area (Å²) in [6.45, 7) is 18.6. The van der Waals surface area contributed by atoms with Gasteiger partial charge < -0.3 is 4.90 Å². The molecule has 0 aromatic carbocycles. The fraction of sp³-hybridized carbons (Fsp3) is 0.667. The van der Waals surface area contributed by atoms with Crippen molar-refractivity contribution in [3.8, 4) is 0 Å². The Bertz CT molecular complexity index is 922. The van der Waals surface area contributed by atoms with E-state index < -0.39 is 0 Å². The predicted octanol–water partition coefficient (Wildman–Crippen LogP) is 3.37. The van der Waals surface area contributed by atoms with Crippen LogP contribution in [0, 0.1) is 6.92 Å². The summed E-state index contributed by atoms with van der Waals surface area (Å²) in [6.07, 6.45) is 3.92. The maximum atomic E-state index is 11.9. The molecule has 31 heavy (non-hydrogen) atoms. The molecule has 7 heteroatoms. The van der Waals surface area contributed by atoms with Crippen LogP contribution in [0.4, 0.5) is 5.82 Å². The van der Waals surface area contributed by atoms with Crippen LogP contribution in [0.25, 0.3) is 0 Å². The Labute approximate surface area is 186 Å². The highest BCUT2D eigenvalue weighted by molar-refractivity contribution is 5.42. The molecule has 0 saturated carbocycles. The number of anilines is 1. The molecule has 0 bridgehead atoms. The molecule has 0 amide bonds. The van der Waals surface area contributed by atoms with Gasteiger partial charge in [0.25, 0.3) is 0 Å². The van der Waals surface area contributed by atoms with Gasteiger partial charge in [0.15, 0.2) is 0 Å². The van der Waals surface area contributed by atoms with Gasteiger partial charge >= 0.3 is 5.69 Å². The van der Waals surface area contributed by atoms with Crippen LogP contribution < -0.4 is 10.6 Å². The summed E-state index contributed by atoms with van der Waals surface area (Å²) in [5, 5.41) is 0. The summed E-state index contributed by atoms with van der Waals surface area (Å²) in [4.78, 5) is 30.5. The van der Waals surface area contributed by atoms with Crippen molar-refractivity contribution >= 4 is 5.82 Å². The lowest BCUT2D eigenvalue weighted by Gasteiger charge is -2.36. The lowest BCUT2D eigenvalue weighted by Crippen LogP contribution is -2.47. The molecule has 3 heterocycles. The molecule has 0 radical (unpaired) electrons. The van der Waals surface area contributed by atoms with Gasteiger partial charge in [-0.2, -0.15) is 4.98 Å². The topological polar surface area (TPSA) is 67.2 Å². The third kappa shape index (κ3) is 6.35. The average Bonchev–Trinajstić information content (AvgIpc) is 2.72. The molecule has 1 aliphatic heterocycles. The SMILES string of the molecule is Cc1ccn(CCCCN2CCN(c3cc(C(C)C)nc(C(C)(C)C)n3)CC2)c(=O)n1. The Hall–Kier alpha value is -2.28. The number of aryl methyl sites for hydroxylation is 2. The van der Waals surface area contributed by atoms with Crippen molar-refractivity contribution in [3.63, 3.8) is 0 Å². The van der Waals surface area contributed by atoms with E-state index in [1.807, 2.05) is 19.2 Å². The van der Waals surface area contributed by atoms with Crippen molar-refractivity contribution < 1.29 is 0 Å². The van der Waals surface area contributed by atoms with Crippen molar-refractivity contribution in [1.82, 2.24) is 24.4 Å². The first-order valence-electron chi connectivity index (χ1n) is 11.5. The zero-order chi connectivity index (χ0) is 22.6. The van der Waals surface area contributed by atoms with Gasteiger partial charge in [-0.15, -0.1) is 0 Å². The van der Waals surface area contributed by atoms with E-state index in [0.29, 0.717) is 5.92 Å². The molecular formula is C24H38N6O. The first-order chi connectivity index (χ1) is 14.6. The fourth-order valence-corrected chi connectivity index (χ4v) is 3.75. The van der Waals surface area contributed by atoms with E-state index in [1.165, 1.54) is 0 Å². The van der Waals surface area contributed by atoms with Crippen molar-refractivity contribution in [2.75, 3.05) is 37.6 Å². The Morgan fingerprint density at radius 2 is 1.68 bits per heavy atom. The Morgan fingerprint density at radius 1 is 1.00 bits per heavy atom. The third-order valence-electron chi connectivity index (χ3n) is 5.83. The van der Waals surface area contributed by atoms with E-state index in [9.17, 15) is 4.79 Å². The quantitative estimate of drug-likeness (QED) is 0.633. The van der Waals surface area contributed by atoms with E-state index in [0.717, 1.165) is 75.1 Å². The number of nitrogens with zero attached hydrogens (tertiary/aromatic N) is 6. The second-order valence-electron chi connectivity index (χ2n) is 9.96. The van der Waals surface area contributed by atoms with Crippen molar-refractivity contribution in [2.45, 2.75) is 72.3 Å². The molecule has 1 aliphatic rings. The standard InChI is InChI=1S/C24H38N6O/c1-18(2)20-17-21(27-22(26-20)24(4,5)6)29-15-13-28(14-16-29)10-7-8-11-30-12-9-19(3)25-23(30)31/h9,12,17-18H,7-8,10-11,13-16H2,1-6H3. The number of hydrogen-bond acceptors (Lipinski definition) is 6. The van der Waals surface area contributed by atoms with Crippen LogP contribution >= 0.6 is 0 Å². The highest BCUT2D eigenvalue weighted by Gasteiger charge is 2.23. The predicted molar refractivity (Wildman–Crippen MR) is 126 cm³/mol. The average molecular weight is 427 g/mol. The van der Waals surface area contributed by atoms with Gasteiger partial charge in [0.1, 0.15) is 11.6 Å². The smallest absolute Gasteiger partial charge is 0.347 e. The minimum atomic E-state index is -0.145. The van der Waals surface area contributed by atoms with E-state index in [-0.39, 0.29) is 11.1 Å². The van der Waals surface area contributed by atoms with Crippen LogP contribution in [-0.4, -0.2) is 57.1 Å². The Morgan fingerprint density at radius 3 is 2.29 bits per heavy atom. The van der Waals surface area contributed by atoms with Gasteiger partial charge in [-0.25, -0.2) is 14.8 Å². The lowest BCUT2D eigenvalue weighted by atomic mass is 9.95. The molecule has 1 saturated heterocycles. The molecule has 2 aromatic rings. The maximum absolute atomic E-state index is 11.9. The number of aromatic nitrogens is 4. The van der Waals surface area contributed by atoms with E-state index in [1.54, 1.807) is 4.57 Å². The highest BCUT2D eigenvalue weighted by atomic mass is 16.1. The van der Waals surface area contributed by atoms with Gasteiger partial charge in [0.05, 0.1) is 0 Å². The summed E-state index contributed by atoms with van der Waals surface area (Å²) in [5.41, 5.74) is 1.70. The second kappa shape index (κ2) is 9.90. The van der Waals surface area contributed by atoms with E-state index >= 15 is 0 Å². The zero-order valence-electron chi connectivity index (χ0n) is 20.1. The van der Waals surface area contributed by atoms with Crippen molar-refractivity contribution in [2.24, 2.45) is 0 Å². The zero-order valence-corrected chi connectivity index (χ0v) is 20.1. The van der Waals surface area contributed by atoms with Gasteiger partial charge in [-0.3, -0.25) is 9.47 Å². The van der Waals surface area contributed by atoms with E-state index in [4.69, 9.17) is 9.97 Å². The fourth-order valence-electron chi connectivity index (χ4n) is 3.75. The number of unbranched alkanes of at least 4 members (excludes halogenated alkanes) is 1. The number of rotatable bonds is 7. The normalized spacial score (nSPS) is 15.6. The van der Waals surface area contributed by atoms with Crippen LogP contribution in [0.2, 0.25) is 0 Å². The van der Waals surface area contributed by atoms with Gasteiger partial charge in [0.2, 0.25) is 0 Å². The van der Waals surface area contributed by atoms with Crippen LogP contribution in [-0.2, 0) is 12.0 Å². The van der Waals surface area contributed by atoms with Gasteiger partial charge in [-0.05, 0) is 38.3 Å². The minimum absolute atomic E-state index is 0.0591. The van der Waals surface area contributed by atoms with Crippen molar-refractivity contribution in [1.29, 1.82) is 0 Å². The first kappa shape index (κ1) is 23.4. The molecule has 0 N–H and O–H groups in total.